The van der Waals surface area contributed by atoms with Crippen LogP contribution in [0.15, 0.2) is 24.3 Å². The predicted molar refractivity (Wildman–Crippen MR) is 86.2 cm³/mol. The minimum absolute atomic E-state index is 0.240. The van der Waals surface area contributed by atoms with Crippen LogP contribution in [0.1, 0.15) is 5.56 Å². The van der Waals surface area contributed by atoms with Gasteiger partial charge in [-0.1, -0.05) is 11.6 Å². The molecule has 128 valence electrons. The van der Waals surface area contributed by atoms with Gasteiger partial charge < -0.3 is 15.4 Å². The Kier molecular flexibility index (Phi) is 5.56. The standard InChI is InChI=1S/C16H14ClF3N2O2/c1-8-5-12(13(24-2)6-9(8)17)21-7-14(23)22-11-4-3-10(18)15(19)16(11)20/h3-6,21H,7H2,1-2H3,(H,22,23). The molecule has 24 heavy (non-hydrogen) atoms. The third-order valence-corrected chi connectivity index (χ3v) is 3.64. The Morgan fingerprint density at radius 3 is 2.54 bits per heavy atom. The van der Waals surface area contributed by atoms with E-state index in [1.807, 2.05) is 0 Å². The molecule has 0 heterocycles. The Morgan fingerprint density at radius 1 is 1.17 bits per heavy atom. The fraction of sp³-hybridized carbons (Fsp3) is 0.188. The summed E-state index contributed by atoms with van der Waals surface area (Å²) in [4.78, 5) is 11.9. The average Bonchev–Trinajstić information content (AvgIpc) is 2.56. The van der Waals surface area contributed by atoms with Gasteiger partial charge in [0.15, 0.2) is 17.5 Å². The molecule has 8 heteroatoms. The third kappa shape index (κ3) is 3.91. The molecule has 2 rings (SSSR count). The van der Waals surface area contributed by atoms with Crippen LogP contribution in [0.3, 0.4) is 0 Å². The van der Waals surface area contributed by atoms with Gasteiger partial charge in [-0.15, -0.1) is 0 Å². The molecule has 4 nitrogen and oxygen atoms in total. The largest absolute Gasteiger partial charge is 0.495 e. The van der Waals surface area contributed by atoms with E-state index in [1.165, 1.54) is 7.11 Å². The van der Waals surface area contributed by atoms with Gasteiger partial charge in [0, 0.05) is 11.1 Å². The van der Waals surface area contributed by atoms with E-state index in [0.717, 1.165) is 17.7 Å². The molecule has 0 radical (unpaired) electrons. The van der Waals surface area contributed by atoms with Gasteiger partial charge in [0.05, 0.1) is 25.0 Å². The van der Waals surface area contributed by atoms with Gasteiger partial charge in [0.2, 0.25) is 5.91 Å². The normalized spacial score (nSPS) is 10.4. The van der Waals surface area contributed by atoms with Crippen molar-refractivity contribution in [3.8, 4) is 5.75 Å². The molecule has 0 fully saturated rings. The van der Waals surface area contributed by atoms with E-state index in [1.54, 1.807) is 19.1 Å². The zero-order valence-electron chi connectivity index (χ0n) is 12.8. The van der Waals surface area contributed by atoms with Crippen LogP contribution in [0.5, 0.6) is 5.75 Å². The van der Waals surface area contributed by atoms with Gasteiger partial charge in [-0.2, -0.15) is 0 Å². The van der Waals surface area contributed by atoms with Crippen LogP contribution in [-0.2, 0) is 4.79 Å². The quantitative estimate of drug-likeness (QED) is 0.790. The molecule has 0 atom stereocenters. The van der Waals surface area contributed by atoms with Gasteiger partial charge in [0.1, 0.15) is 5.75 Å². The van der Waals surface area contributed by atoms with Crippen molar-refractivity contribution in [1.29, 1.82) is 0 Å². The molecule has 2 aromatic carbocycles. The van der Waals surface area contributed by atoms with Crippen molar-refractivity contribution < 1.29 is 22.7 Å². The van der Waals surface area contributed by atoms with E-state index in [9.17, 15) is 18.0 Å². The SMILES string of the molecule is COc1cc(Cl)c(C)cc1NCC(=O)Nc1ccc(F)c(F)c1F. The summed E-state index contributed by atoms with van der Waals surface area (Å²) < 4.78 is 44.7. The first-order chi connectivity index (χ1) is 11.3. The number of halogens is 4. The lowest BCUT2D eigenvalue weighted by Crippen LogP contribution is -2.23. The number of nitrogens with one attached hydrogen (secondary N) is 2. The van der Waals surface area contributed by atoms with Crippen LogP contribution >= 0.6 is 11.6 Å². The molecule has 0 aromatic heterocycles. The van der Waals surface area contributed by atoms with Gasteiger partial charge in [-0.3, -0.25) is 4.79 Å². The minimum Gasteiger partial charge on any atom is -0.495 e. The molecule has 0 aliphatic heterocycles. The van der Waals surface area contributed by atoms with E-state index in [4.69, 9.17) is 16.3 Å². The van der Waals surface area contributed by atoms with Crippen LogP contribution < -0.4 is 15.4 Å². The summed E-state index contributed by atoms with van der Waals surface area (Å²) in [6, 6.07) is 4.95. The summed E-state index contributed by atoms with van der Waals surface area (Å²) in [6.07, 6.45) is 0. The number of methoxy groups -OCH3 is 1. The monoisotopic (exact) mass is 358 g/mol. The van der Waals surface area contributed by atoms with Crippen molar-refractivity contribution in [2.45, 2.75) is 6.92 Å². The first kappa shape index (κ1) is 17.9. The second-order valence-electron chi connectivity index (χ2n) is 4.93. The lowest BCUT2D eigenvalue weighted by atomic mass is 10.2. The average molecular weight is 359 g/mol. The van der Waals surface area contributed by atoms with Crippen molar-refractivity contribution in [3.63, 3.8) is 0 Å². The molecule has 0 aliphatic rings. The van der Waals surface area contributed by atoms with Gasteiger partial charge in [-0.05, 0) is 30.7 Å². The number of ether oxygens (including phenoxy) is 1. The Bertz CT molecular complexity index is 784. The fourth-order valence-corrected chi connectivity index (χ4v) is 2.12. The van der Waals surface area contributed by atoms with Gasteiger partial charge >= 0.3 is 0 Å². The minimum atomic E-state index is -1.64. The van der Waals surface area contributed by atoms with Crippen molar-refractivity contribution in [2.75, 3.05) is 24.3 Å². The summed E-state index contributed by atoms with van der Waals surface area (Å²) in [7, 11) is 1.45. The number of hydrogen-bond donors (Lipinski definition) is 2. The maximum atomic E-state index is 13.5. The smallest absolute Gasteiger partial charge is 0.243 e. The lowest BCUT2D eigenvalue weighted by molar-refractivity contribution is -0.114. The van der Waals surface area contributed by atoms with Crippen LogP contribution in [0, 0.1) is 24.4 Å². The first-order valence-corrected chi connectivity index (χ1v) is 7.22. The van der Waals surface area contributed by atoms with Crippen LogP contribution in [0.25, 0.3) is 0 Å². The lowest BCUT2D eigenvalue weighted by Gasteiger charge is -2.13. The number of rotatable bonds is 5. The highest BCUT2D eigenvalue weighted by molar-refractivity contribution is 6.31. The van der Waals surface area contributed by atoms with E-state index < -0.39 is 29.0 Å². The molecule has 2 N–H and O–H groups in total. The Balaban J connectivity index is 2.07. The zero-order chi connectivity index (χ0) is 17.9. The van der Waals surface area contributed by atoms with Crippen molar-refractivity contribution in [2.24, 2.45) is 0 Å². The Labute approximate surface area is 141 Å². The summed E-state index contributed by atoms with van der Waals surface area (Å²) in [6.45, 7) is 1.54. The number of anilines is 2. The Morgan fingerprint density at radius 2 is 1.88 bits per heavy atom. The number of benzene rings is 2. The first-order valence-electron chi connectivity index (χ1n) is 6.84. The van der Waals surface area contributed by atoms with Crippen LogP contribution in [0.4, 0.5) is 24.5 Å². The molecule has 0 bridgehead atoms. The van der Waals surface area contributed by atoms with Gasteiger partial charge in [-0.25, -0.2) is 13.2 Å². The Hall–Kier alpha value is -2.41. The number of carbonyl (C=O) groups excluding carboxylic acids is 1. The van der Waals surface area contributed by atoms with E-state index >= 15 is 0 Å². The molecule has 0 unspecified atom stereocenters. The maximum absolute atomic E-state index is 13.5. The number of aryl methyl sites for hydroxylation is 1. The van der Waals surface area contributed by atoms with Crippen molar-refractivity contribution in [1.82, 2.24) is 0 Å². The fourth-order valence-electron chi connectivity index (χ4n) is 1.96. The topological polar surface area (TPSA) is 50.4 Å². The highest BCUT2D eigenvalue weighted by atomic mass is 35.5. The molecule has 0 aliphatic carbocycles. The summed E-state index contributed by atoms with van der Waals surface area (Å²) in [5, 5.41) is 5.48. The molecule has 2 aromatic rings. The summed E-state index contributed by atoms with van der Waals surface area (Å²) in [5.41, 5.74) is 0.840. The third-order valence-electron chi connectivity index (χ3n) is 3.23. The molecule has 0 spiro atoms. The molecule has 0 saturated carbocycles. The summed E-state index contributed by atoms with van der Waals surface area (Å²) in [5.74, 6) is -4.64. The maximum Gasteiger partial charge on any atom is 0.243 e. The zero-order valence-corrected chi connectivity index (χ0v) is 13.6. The molecular weight excluding hydrogens is 345 g/mol. The highest BCUT2D eigenvalue weighted by Crippen LogP contribution is 2.30. The van der Waals surface area contributed by atoms with E-state index in [2.05, 4.69) is 10.6 Å². The van der Waals surface area contributed by atoms with Crippen molar-refractivity contribution in [3.05, 3.63) is 52.3 Å². The van der Waals surface area contributed by atoms with Gasteiger partial charge in [0.25, 0.3) is 0 Å². The highest BCUT2D eigenvalue weighted by Gasteiger charge is 2.15. The van der Waals surface area contributed by atoms with Crippen LogP contribution in [0.2, 0.25) is 5.02 Å². The molecule has 0 saturated heterocycles. The van der Waals surface area contributed by atoms with E-state index in [0.29, 0.717) is 16.5 Å². The van der Waals surface area contributed by atoms with Crippen LogP contribution in [-0.4, -0.2) is 19.6 Å². The molecular formula is C16H14ClF3N2O2. The molecule has 1 amide bonds. The second-order valence-corrected chi connectivity index (χ2v) is 5.33. The van der Waals surface area contributed by atoms with Crippen molar-refractivity contribution >= 4 is 28.9 Å². The second kappa shape index (κ2) is 7.44. The number of carbonyl (C=O) groups is 1. The van der Waals surface area contributed by atoms with E-state index in [-0.39, 0.29) is 6.54 Å². The predicted octanol–water partition coefficient (Wildman–Crippen LogP) is 4.12. The number of hydrogen-bond acceptors (Lipinski definition) is 3. The summed E-state index contributed by atoms with van der Waals surface area (Å²) >= 11 is 5.98. The number of amides is 1.